The van der Waals surface area contributed by atoms with Crippen LogP contribution in [0.4, 0.5) is 5.13 Å². The number of anilines is 1. The first kappa shape index (κ1) is 12.7. The van der Waals surface area contributed by atoms with Gasteiger partial charge in [-0.15, -0.1) is 22.7 Å². The van der Waals surface area contributed by atoms with Crippen LogP contribution in [0, 0.1) is 19.8 Å². The van der Waals surface area contributed by atoms with E-state index in [0.717, 1.165) is 35.0 Å². The molecular formula is C13H15N3OS2. The van der Waals surface area contributed by atoms with Gasteiger partial charge >= 0.3 is 0 Å². The second-order valence-corrected chi connectivity index (χ2v) is 6.95. The Labute approximate surface area is 119 Å². The van der Waals surface area contributed by atoms with Crippen LogP contribution >= 0.6 is 22.7 Å². The van der Waals surface area contributed by atoms with E-state index in [2.05, 4.69) is 15.3 Å². The summed E-state index contributed by atoms with van der Waals surface area (Å²) in [5, 5.41) is 3.67. The van der Waals surface area contributed by atoms with E-state index >= 15 is 0 Å². The van der Waals surface area contributed by atoms with Crippen LogP contribution in [0.25, 0.3) is 0 Å². The van der Waals surface area contributed by atoms with E-state index in [0.29, 0.717) is 0 Å². The molecule has 0 aliphatic heterocycles. The van der Waals surface area contributed by atoms with Gasteiger partial charge in [-0.25, -0.2) is 9.97 Å². The van der Waals surface area contributed by atoms with Crippen LogP contribution in [0.5, 0.6) is 0 Å². The van der Waals surface area contributed by atoms with Gasteiger partial charge in [0.1, 0.15) is 0 Å². The van der Waals surface area contributed by atoms with Crippen molar-refractivity contribution in [1.82, 2.24) is 9.97 Å². The van der Waals surface area contributed by atoms with Gasteiger partial charge in [-0.1, -0.05) is 0 Å². The van der Waals surface area contributed by atoms with Crippen LogP contribution in [0.1, 0.15) is 27.6 Å². The normalized spacial score (nSPS) is 18.1. The molecule has 0 aromatic carbocycles. The number of nitrogens with one attached hydrogen (secondary N) is 1. The first-order valence-corrected chi connectivity index (χ1v) is 7.99. The fraction of sp³-hybridized carbons (Fsp3) is 0.462. The molecule has 100 valence electrons. The van der Waals surface area contributed by atoms with Gasteiger partial charge in [-0.3, -0.25) is 4.79 Å². The summed E-state index contributed by atoms with van der Waals surface area (Å²) in [5.41, 5.74) is 4.04. The average molecular weight is 293 g/mol. The highest BCUT2D eigenvalue weighted by molar-refractivity contribution is 7.15. The summed E-state index contributed by atoms with van der Waals surface area (Å²) in [4.78, 5) is 23.4. The summed E-state index contributed by atoms with van der Waals surface area (Å²) in [6.07, 6.45) is 2.61. The van der Waals surface area contributed by atoms with Crippen molar-refractivity contribution < 1.29 is 4.79 Å². The molecule has 6 heteroatoms. The van der Waals surface area contributed by atoms with Gasteiger partial charge < -0.3 is 5.32 Å². The molecule has 2 heterocycles. The van der Waals surface area contributed by atoms with Crippen molar-refractivity contribution in [3.05, 3.63) is 26.7 Å². The Morgan fingerprint density at radius 1 is 1.47 bits per heavy atom. The highest BCUT2D eigenvalue weighted by Gasteiger charge is 2.26. The highest BCUT2D eigenvalue weighted by Crippen LogP contribution is 2.29. The smallest absolute Gasteiger partial charge is 0.229 e. The summed E-state index contributed by atoms with van der Waals surface area (Å²) < 4.78 is 0. The molecule has 0 saturated carbocycles. The van der Waals surface area contributed by atoms with Crippen molar-refractivity contribution in [2.45, 2.75) is 33.1 Å². The highest BCUT2D eigenvalue weighted by atomic mass is 32.1. The van der Waals surface area contributed by atoms with Gasteiger partial charge in [0, 0.05) is 15.7 Å². The minimum absolute atomic E-state index is 0.0532. The monoisotopic (exact) mass is 293 g/mol. The summed E-state index contributed by atoms with van der Waals surface area (Å²) in [7, 11) is 0. The zero-order chi connectivity index (χ0) is 13.4. The zero-order valence-corrected chi connectivity index (χ0v) is 12.5. The van der Waals surface area contributed by atoms with Gasteiger partial charge in [0.15, 0.2) is 5.13 Å². The molecule has 1 atom stereocenters. The molecule has 3 rings (SSSR count). The maximum absolute atomic E-state index is 12.3. The lowest BCUT2D eigenvalue weighted by molar-refractivity contribution is -0.120. The number of hydrogen-bond acceptors (Lipinski definition) is 5. The van der Waals surface area contributed by atoms with Crippen molar-refractivity contribution in [2.75, 3.05) is 5.32 Å². The van der Waals surface area contributed by atoms with E-state index in [9.17, 15) is 4.79 Å². The lowest BCUT2D eigenvalue weighted by Crippen LogP contribution is -2.27. The van der Waals surface area contributed by atoms with E-state index in [1.54, 1.807) is 22.7 Å². The predicted octanol–water partition coefficient (Wildman–Crippen LogP) is 2.96. The molecule has 1 aliphatic rings. The van der Waals surface area contributed by atoms with E-state index in [-0.39, 0.29) is 11.8 Å². The molecule has 0 spiro atoms. The summed E-state index contributed by atoms with van der Waals surface area (Å²) in [6, 6.07) is 0. The van der Waals surface area contributed by atoms with Gasteiger partial charge in [-0.2, -0.15) is 0 Å². The van der Waals surface area contributed by atoms with Crippen molar-refractivity contribution in [3.63, 3.8) is 0 Å². The van der Waals surface area contributed by atoms with Crippen molar-refractivity contribution in [3.8, 4) is 0 Å². The lowest BCUT2D eigenvalue weighted by Gasteiger charge is -2.19. The zero-order valence-electron chi connectivity index (χ0n) is 10.9. The number of thiazole rings is 2. The van der Waals surface area contributed by atoms with Crippen molar-refractivity contribution in [2.24, 2.45) is 5.92 Å². The Bertz CT molecular complexity index is 598. The van der Waals surface area contributed by atoms with Crippen LogP contribution in [0.15, 0.2) is 5.51 Å². The number of aromatic nitrogens is 2. The van der Waals surface area contributed by atoms with Gasteiger partial charge in [0.25, 0.3) is 0 Å². The predicted molar refractivity (Wildman–Crippen MR) is 77.8 cm³/mol. The summed E-state index contributed by atoms with van der Waals surface area (Å²) >= 11 is 3.20. The van der Waals surface area contributed by atoms with Crippen LogP contribution < -0.4 is 5.32 Å². The Balaban J connectivity index is 1.68. The van der Waals surface area contributed by atoms with E-state index in [1.807, 2.05) is 19.4 Å². The first-order chi connectivity index (χ1) is 9.13. The quantitative estimate of drug-likeness (QED) is 0.926. The molecule has 4 nitrogen and oxygen atoms in total. The molecule has 1 amide bonds. The molecule has 2 aromatic heterocycles. The number of rotatable bonds is 2. The first-order valence-electron chi connectivity index (χ1n) is 6.29. The van der Waals surface area contributed by atoms with Gasteiger partial charge in [0.2, 0.25) is 5.91 Å². The SMILES string of the molecule is Cc1nc(NC(=O)C2CCc3ncsc3C2)sc1C. The maximum Gasteiger partial charge on any atom is 0.229 e. The average Bonchev–Trinajstić information content (AvgIpc) is 2.96. The summed E-state index contributed by atoms with van der Waals surface area (Å²) in [6.45, 7) is 3.98. The number of fused-ring (bicyclic) bond motifs is 1. The number of nitrogens with zero attached hydrogens (tertiary/aromatic N) is 2. The van der Waals surface area contributed by atoms with E-state index in [1.165, 1.54) is 10.6 Å². The fourth-order valence-electron chi connectivity index (χ4n) is 2.26. The third-order valence-electron chi connectivity index (χ3n) is 3.52. The van der Waals surface area contributed by atoms with E-state index in [4.69, 9.17) is 0 Å². The third-order valence-corrected chi connectivity index (χ3v) is 5.40. The Kier molecular flexibility index (Phi) is 3.36. The molecule has 1 aliphatic carbocycles. The van der Waals surface area contributed by atoms with Gasteiger partial charge in [-0.05, 0) is 33.1 Å². The van der Waals surface area contributed by atoms with Crippen LogP contribution in [-0.4, -0.2) is 15.9 Å². The van der Waals surface area contributed by atoms with Crippen LogP contribution in [-0.2, 0) is 17.6 Å². The molecule has 1 N–H and O–H groups in total. The molecule has 0 bridgehead atoms. The molecule has 0 fully saturated rings. The van der Waals surface area contributed by atoms with Crippen molar-refractivity contribution >= 4 is 33.7 Å². The number of amides is 1. The minimum Gasteiger partial charge on any atom is -0.302 e. The van der Waals surface area contributed by atoms with Crippen LogP contribution in [0.2, 0.25) is 0 Å². The Hall–Kier alpha value is -1.27. The Morgan fingerprint density at radius 2 is 2.32 bits per heavy atom. The topological polar surface area (TPSA) is 54.9 Å². The lowest BCUT2D eigenvalue weighted by atomic mass is 9.90. The number of carbonyl (C=O) groups is 1. The largest absolute Gasteiger partial charge is 0.302 e. The number of carbonyl (C=O) groups excluding carboxylic acids is 1. The molecule has 0 radical (unpaired) electrons. The second-order valence-electron chi connectivity index (χ2n) is 4.81. The molecule has 19 heavy (non-hydrogen) atoms. The fourth-order valence-corrected chi connectivity index (χ4v) is 3.97. The van der Waals surface area contributed by atoms with Crippen LogP contribution in [0.3, 0.4) is 0 Å². The third kappa shape index (κ3) is 2.55. The molecule has 0 saturated heterocycles. The van der Waals surface area contributed by atoms with Crippen molar-refractivity contribution in [1.29, 1.82) is 0 Å². The Morgan fingerprint density at radius 3 is 3.05 bits per heavy atom. The standard InChI is InChI=1S/C13H15N3OS2/c1-7-8(2)19-13(15-7)16-12(17)9-3-4-10-11(5-9)18-6-14-10/h6,9H,3-5H2,1-2H3,(H,15,16,17). The molecule has 2 aromatic rings. The molecular weight excluding hydrogens is 278 g/mol. The minimum atomic E-state index is 0.0532. The maximum atomic E-state index is 12.3. The van der Waals surface area contributed by atoms with Gasteiger partial charge in [0.05, 0.1) is 16.9 Å². The second kappa shape index (κ2) is 5.02. The number of aryl methyl sites for hydroxylation is 3. The summed E-state index contributed by atoms with van der Waals surface area (Å²) in [5.74, 6) is 0.144. The molecule has 1 unspecified atom stereocenters. The van der Waals surface area contributed by atoms with E-state index < -0.39 is 0 Å². The number of hydrogen-bond donors (Lipinski definition) is 1.